The van der Waals surface area contributed by atoms with Crippen LogP contribution < -0.4 is 0 Å². The molecule has 0 aromatic heterocycles. The second-order valence-corrected chi connectivity index (χ2v) is 5.20. The minimum atomic E-state index is -0.531. The van der Waals surface area contributed by atoms with Crippen molar-refractivity contribution in [2.75, 3.05) is 0 Å². The molecule has 116 valence electrons. The van der Waals surface area contributed by atoms with Gasteiger partial charge in [-0.3, -0.25) is 20.2 Å². The molecule has 22 heavy (non-hydrogen) atoms. The lowest BCUT2D eigenvalue weighted by Crippen LogP contribution is -1.89. The predicted octanol–water partition coefficient (Wildman–Crippen LogP) is 5.11. The van der Waals surface area contributed by atoms with Crippen molar-refractivity contribution in [1.29, 1.82) is 0 Å². The van der Waals surface area contributed by atoms with Gasteiger partial charge in [0.25, 0.3) is 11.4 Å². The summed E-state index contributed by atoms with van der Waals surface area (Å²) in [6.45, 7) is 3.60. The zero-order chi connectivity index (χ0) is 16.9. The van der Waals surface area contributed by atoms with Crippen LogP contribution in [0.5, 0.6) is 0 Å². The number of benzene rings is 2. The molecular formula is C14H12Cl2N2O4. The molecule has 0 aliphatic heterocycles. The van der Waals surface area contributed by atoms with Crippen molar-refractivity contribution in [3.05, 3.63) is 77.8 Å². The lowest BCUT2D eigenvalue weighted by molar-refractivity contribution is -0.385. The zero-order valence-corrected chi connectivity index (χ0v) is 13.3. The fourth-order valence-corrected chi connectivity index (χ4v) is 1.88. The molecule has 0 heterocycles. The summed E-state index contributed by atoms with van der Waals surface area (Å²) in [6, 6.07) is 8.99. The second kappa shape index (κ2) is 7.72. The van der Waals surface area contributed by atoms with Crippen molar-refractivity contribution in [3.63, 3.8) is 0 Å². The van der Waals surface area contributed by atoms with E-state index < -0.39 is 9.85 Å². The molecule has 0 saturated carbocycles. The third kappa shape index (κ3) is 4.98. The van der Waals surface area contributed by atoms with Crippen LogP contribution in [0.1, 0.15) is 11.1 Å². The predicted molar refractivity (Wildman–Crippen MR) is 85.7 cm³/mol. The molecule has 6 nitrogen and oxygen atoms in total. The van der Waals surface area contributed by atoms with Crippen LogP contribution in [-0.4, -0.2) is 9.85 Å². The summed E-state index contributed by atoms with van der Waals surface area (Å²) in [4.78, 5) is 19.5. The van der Waals surface area contributed by atoms with Gasteiger partial charge in [-0.2, -0.15) is 0 Å². The van der Waals surface area contributed by atoms with Gasteiger partial charge >= 0.3 is 0 Å². The van der Waals surface area contributed by atoms with Crippen LogP contribution in [0.4, 0.5) is 11.4 Å². The van der Waals surface area contributed by atoms with Gasteiger partial charge in [-0.1, -0.05) is 40.9 Å². The molecular weight excluding hydrogens is 331 g/mol. The average molecular weight is 343 g/mol. The molecule has 0 aliphatic carbocycles. The maximum Gasteiger partial charge on any atom is 0.272 e. The molecule has 0 aliphatic rings. The Balaban J connectivity index is 0.000000224. The van der Waals surface area contributed by atoms with Crippen LogP contribution >= 0.6 is 23.2 Å². The minimum Gasteiger partial charge on any atom is -0.258 e. The molecule has 0 N–H and O–H groups in total. The lowest BCUT2D eigenvalue weighted by Gasteiger charge is -1.99. The maximum atomic E-state index is 10.3. The summed E-state index contributed by atoms with van der Waals surface area (Å²) in [5.41, 5.74) is 1.75. The second-order valence-electron chi connectivity index (χ2n) is 4.38. The smallest absolute Gasteiger partial charge is 0.258 e. The van der Waals surface area contributed by atoms with E-state index in [2.05, 4.69) is 0 Å². The van der Waals surface area contributed by atoms with E-state index in [0.717, 1.165) is 5.56 Å². The topological polar surface area (TPSA) is 86.3 Å². The maximum absolute atomic E-state index is 10.3. The van der Waals surface area contributed by atoms with E-state index in [9.17, 15) is 20.2 Å². The molecule has 0 bridgehead atoms. The average Bonchev–Trinajstić information content (AvgIpc) is 2.45. The molecule has 0 amide bonds. The quantitative estimate of drug-likeness (QED) is 0.560. The minimum absolute atomic E-state index is 0.0874. The van der Waals surface area contributed by atoms with Crippen LogP contribution in [0.3, 0.4) is 0 Å². The number of non-ortho nitro benzene ring substituents is 2. The first-order valence-corrected chi connectivity index (χ1v) is 6.79. The number of nitro groups is 2. The summed E-state index contributed by atoms with van der Waals surface area (Å²) in [5.74, 6) is 0. The van der Waals surface area contributed by atoms with E-state index >= 15 is 0 Å². The van der Waals surface area contributed by atoms with E-state index in [1.54, 1.807) is 19.1 Å². The number of halogens is 2. The highest BCUT2D eigenvalue weighted by atomic mass is 35.5. The largest absolute Gasteiger partial charge is 0.272 e. The van der Waals surface area contributed by atoms with Gasteiger partial charge in [-0.25, -0.2) is 0 Å². The Kier molecular flexibility index (Phi) is 6.27. The standard InChI is InChI=1S/C7H5Cl2NO2.C7H7NO2/c1-4-6(8)2-5(10(11)12)3-7(4)9;1-6-2-4-7(5-3-6)8(9)10/h2-3H,1H3;2-5H,1H3. The Morgan fingerprint density at radius 3 is 1.59 bits per heavy atom. The molecule has 2 rings (SSSR count). The van der Waals surface area contributed by atoms with Gasteiger partial charge in [0.05, 0.1) is 19.9 Å². The first-order chi connectivity index (χ1) is 10.2. The van der Waals surface area contributed by atoms with E-state index in [-0.39, 0.29) is 11.4 Å². The third-order valence-corrected chi connectivity index (χ3v) is 3.51. The molecule has 2 aromatic carbocycles. The van der Waals surface area contributed by atoms with Crippen LogP contribution in [0.2, 0.25) is 10.0 Å². The Bertz CT molecular complexity index is 679. The van der Waals surface area contributed by atoms with Crippen molar-refractivity contribution in [3.8, 4) is 0 Å². The monoisotopic (exact) mass is 342 g/mol. The Labute approximate surface area is 136 Å². The summed E-state index contributed by atoms with van der Waals surface area (Å²) in [5, 5.41) is 21.1. The van der Waals surface area contributed by atoms with Crippen molar-refractivity contribution >= 4 is 34.6 Å². The molecule has 2 aromatic rings. The lowest BCUT2D eigenvalue weighted by atomic mass is 10.2. The molecule has 0 fully saturated rings. The number of hydrogen-bond acceptors (Lipinski definition) is 4. The Morgan fingerprint density at radius 1 is 0.818 bits per heavy atom. The Hall–Kier alpha value is -2.18. The summed E-state index contributed by atoms with van der Waals surface area (Å²) in [7, 11) is 0. The highest BCUT2D eigenvalue weighted by molar-refractivity contribution is 6.36. The van der Waals surface area contributed by atoms with Gasteiger partial charge in [0.15, 0.2) is 0 Å². The van der Waals surface area contributed by atoms with Crippen LogP contribution in [0.25, 0.3) is 0 Å². The summed E-state index contributed by atoms with van der Waals surface area (Å²) >= 11 is 11.3. The van der Waals surface area contributed by atoms with Crippen molar-refractivity contribution in [2.45, 2.75) is 13.8 Å². The SMILES string of the molecule is Cc1c(Cl)cc([N+](=O)[O-])cc1Cl.Cc1ccc([N+](=O)[O-])cc1. The van der Waals surface area contributed by atoms with Gasteiger partial charge < -0.3 is 0 Å². The van der Waals surface area contributed by atoms with Crippen molar-refractivity contribution in [1.82, 2.24) is 0 Å². The summed E-state index contributed by atoms with van der Waals surface area (Å²) in [6.07, 6.45) is 0. The summed E-state index contributed by atoms with van der Waals surface area (Å²) < 4.78 is 0. The van der Waals surface area contributed by atoms with Crippen molar-refractivity contribution < 1.29 is 9.85 Å². The van der Waals surface area contributed by atoms with E-state index in [1.165, 1.54) is 24.3 Å². The Morgan fingerprint density at radius 2 is 1.23 bits per heavy atom. The van der Waals surface area contributed by atoms with Gasteiger partial charge in [0, 0.05) is 24.3 Å². The van der Waals surface area contributed by atoms with E-state index in [1.807, 2.05) is 6.92 Å². The highest BCUT2D eigenvalue weighted by Gasteiger charge is 2.10. The molecule has 0 radical (unpaired) electrons. The molecule has 0 spiro atoms. The fraction of sp³-hybridized carbons (Fsp3) is 0.143. The molecule has 8 heteroatoms. The van der Waals surface area contributed by atoms with E-state index in [4.69, 9.17) is 23.2 Å². The first kappa shape index (κ1) is 17.9. The third-order valence-electron chi connectivity index (χ3n) is 2.72. The van der Waals surface area contributed by atoms with Gasteiger partial charge in [0.1, 0.15) is 0 Å². The normalized spacial score (nSPS) is 9.64. The van der Waals surface area contributed by atoms with Gasteiger partial charge in [0.2, 0.25) is 0 Å². The molecule has 0 atom stereocenters. The number of aryl methyl sites for hydroxylation is 1. The number of nitrogens with zero attached hydrogens (tertiary/aromatic N) is 2. The van der Waals surface area contributed by atoms with E-state index in [0.29, 0.717) is 15.6 Å². The number of hydrogen-bond donors (Lipinski definition) is 0. The van der Waals surface area contributed by atoms with Crippen molar-refractivity contribution in [2.24, 2.45) is 0 Å². The van der Waals surface area contributed by atoms with Crippen LogP contribution in [0.15, 0.2) is 36.4 Å². The van der Waals surface area contributed by atoms with Gasteiger partial charge in [-0.05, 0) is 19.4 Å². The zero-order valence-electron chi connectivity index (χ0n) is 11.7. The number of rotatable bonds is 2. The van der Waals surface area contributed by atoms with Gasteiger partial charge in [-0.15, -0.1) is 0 Å². The first-order valence-electron chi connectivity index (χ1n) is 6.03. The molecule has 0 unspecified atom stereocenters. The number of nitro benzene ring substituents is 2. The fourth-order valence-electron chi connectivity index (χ4n) is 1.40. The van der Waals surface area contributed by atoms with Crippen LogP contribution in [0, 0.1) is 34.1 Å². The van der Waals surface area contributed by atoms with Crippen LogP contribution in [-0.2, 0) is 0 Å². The highest BCUT2D eigenvalue weighted by Crippen LogP contribution is 2.28. The molecule has 0 saturated heterocycles.